The highest BCUT2D eigenvalue weighted by Crippen LogP contribution is 2.24. The third kappa shape index (κ3) is 4.77. The first kappa shape index (κ1) is 22.2. The highest BCUT2D eigenvalue weighted by atomic mass is 16.1. The van der Waals surface area contributed by atoms with Crippen molar-refractivity contribution < 1.29 is 9.59 Å². The fourth-order valence-electron chi connectivity index (χ4n) is 4.19. The van der Waals surface area contributed by atoms with E-state index in [-0.39, 0.29) is 11.8 Å². The van der Waals surface area contributed by atoms with E-state index in [1.54, 1.807) is 4.52 Å². The molecular weight excluding hydrogens is 414 g/mol. The van der Waals surface area contributed by atoms with Gasteiger partial charge in [0.25, 0.3) is 5.91 Å². The fourth-order valence-corrected chi connectivity index (χ4v) is 4.19. The number of nitrogens with zero attached hydrogens (tertiary/aromatic N) is 3. The summed E-state index contributed by atoms with van der Waals surface area (Å²) in [6, 6.07) is 20.4. The smallest absolute Gasteiger partial charge is 0.254 e. The molecule has 4 rings (SSSR count). The molecule has 0 radical (unpaired) electrons. The normalized spacial score (nSPS) is 11.1. The van der Waals surface area contributed by atoms with Gasteiger partial charge in [0.1, 0.15) is 5.56 Å². The molecule has 0 saturated heterocycles. The van der Waals surface area contributed by atoms with E-state index < -0.39 is 5.91 Å². The average molecular weight is 442 g/mol. The Morgan fingerprint density at radius 1 is 1.00 bits per heavy atom. The van der Waals surface area contributed by atoms with Gasteiger partial charge < -0.3 is 11.1 Å². The van der Waals surface area contributed by atoms with Crippen molar-refractivity contribution in [3.8, 4) is 0 Å². The Balaban J connectivity index is 1.46. The predicted molar refractivity (Wildman–Crippen MR) is 127 cm³/mol. The van der Waals surface area contributed by atoms with Crippen LogP contribution >= 0.6 is 0 Å². The highest BCUT2D eigenvalue weighted by molar-refractivity contribution is 5.98. The van der Waals surface area contributed by atoms with Crippen LogP contribution in [0.25, 0.3) is 5.65 Å². The summed E-state index contributed by atoms with van der Waals surface area (Å²) in [4.78, 5) is 28.9. The number of nitrogens with one attached hydrogen (secondary N) is 1. The summed E-state index contributed by atoms with van der Waals surface area (Å²) < 4.78 is 1.61. The Morgan fingerprint density at radius 3 is 2.18 bits per heavy atom. The largest absolute Gasteiger partial charge is 0.365 e. The SMILES string of the molecule is Cc1nc2c(C(N)=O)cnn2c(C)c1CCC(=O)NCC(c1ccccc1)c1ccccc1. The lowest BCUT2D eigenvalue weighted by molar-refractivity contribution is -0.121. The van der Waals surface area contributed by atoms with Gasteiger partial charge in [-0.3, -0.25) is 9.59 Å². The van der Waals surface area contributed by atoms with Crippen molar-refractivity contribution in [2.75, 3.05) is 6.54 Å². The van der Waals surface area contributed by atoms with Gasteiger partial charge in [0.05, 0.1) is 6.20 Å². The van der Waals surface area contributed by atoms with Crippen LogP contribution in [0.1, 0.15) is 50.8 Å². The van der Waals surface area contributed by atoms with Gasteiger partial charge in [-0.1, -0.05) is 60.7 Å². The second-order valence-electron chi connectivity index (χ2n) is 8.10. The third-order valence-electron chi connectivity index (χ3n) is 5.98. The van der Waals surface area contributed by atoms with Crippen LogP contribution in [0.3, 0.4) is 0 Å². The zero-order chi connectivity index (χ0) is 23.4. The molecule has 0 saturated carbocycles. The number of carbonyl (C=O) groups is 2. The maximum Gasteiger partial charge on any atom is 0.254 e. The summed E-state index contributed by atoms with van der Waals surface area (Å²) in [5.41, 5.74) is 11.0. The van der Waals surface area contributed by atoms with Crippen LogP contribution in [0.4, 0.5) is 0 Å². The van der Waals surface area contributed by atoms with E-state index in [1.165, 1.54) is 6.20 Å². The van der Waals surface area contributed by atoms with Crippen molar-refractivity contribution in [2.45, 2.75) is 32.6 Å². The second kappa shape index (κ2) is 9.65. The first-order valence-corrected chi connectivity index (χ1v) is 11.0. The van der Waals surface area contributed by atoms with Gasteiger partial charge in [-0.25, -0.2) is 9.50 Å². The molecule has 2 aromatic carbocycles. The molecule has 2 aromatic heterocycles. The number of amides is 2. The number of fused-ring (bicyclic) bond motifs is 1. The van der Waals surface area contributed by atoms with Crippen LogP contribution in [-0.2, 0) is 11.2 Å². The topological polar surface area (TPSA) is 102 Å². The molecule has 0 bridgehead atoms. The van der Waals surface area contributed by atoms with Crippen LogP contribution < -0.4 is 11.1 Å². The number of hydrogen-bond donors (Lipinski definition) is 2. The number of aryl methyl sites for hydroxylation is 2. The van der Waals surface area contributed by atoms with E-state index in [1.807, 2.05) is 50.2 Å². The van der Waals surface area contributed by atoms with E-state index in [0.29, 0.717) is 30.6 Å². The zero-order valence-electron chi connectivity index (χ0n) is 18.8. The van der Waals surface area contributed by atoms with Gasteiger partial charge in [0, 0.05) is 30.3 Å². The second-order valence-corrected chi connectivity index (χ2v) is 8.10. The minimum absolute atomic E-state index is 0.0240. The monoisotopic (exact) mass is 441 g/mol. The molecule has 0 spiro atoms. The van der Waals surface area contributed by atoms with Gasteiger partial charge in [0.2, 0.25) is 5.91 Å². The number of aromatic nitrogens is 3. The predicted octanol–water partition coefficient (Wildman–Crippen LogP) is 3.33. The Labute approximate surface area is 192 Å². The van der Waals surface area contributed by atoms with Crippen molar-refractivity contribution in [2.24, 2.45) is 5.73 Å². The lowest BCUT2D eigenvalue weighted by atomic mass is 9.91. The molecule has 2 heterocycles. The number of nitrogens with two attached hydrogens (primary N) is 1. The van der Waals surface area contributed by atoms with Gasteiger partial charge in [-0.15, -0.1) is 0 Å². The van der Waals surface area contributed by atoms with Crippen molar-refractivity contribution >= 4 is 17.5 Å². The zero-order valence-corrected chi connectivity index (χ0v) is 18.8. The average Bonchev–Trinajstić information content (AvgIpc) is 3.25. The van der Waals surface area contributed by atoms with E-state index in [9.17, 15) is 9.59 Å². The van der Waals surface area contributed by atoms with Gasteiger partial charge >= 0.3 is 0 Å². The Bertz CT molecular complexity index is 1240. The standard InChI is InChI=1S/C26H27N5O2/c1-17-21(18(2)31-26(30-17)23(16-29-31)25(27)33)13-14-24(32)28-15-22(19-9-5-3-6-10-19)20-11-7-4-8-12-20/h3-12,16,22H,13-15H2,1-2H3,(H2,27,33)(H,28,32). The van der Waals surface area contributed by atoms with Gasteiger partial charge in [0.15, 0.2) is 5.65 Å². The minimum atomic E-state index is -0.560. The molecule has 2 amide bonds. The molecular formula is C26H27N5O2. The van der Waals surface area contributed by atoms with Gasteiger partial charge in [-0.2, -0.15) is 5.10 Å². The maximum absolute atomic E-state index is 12.7. The van der Waals surface area contributed by atoms with Crippen LogP contribution in [0.5, 0.6) is 0 Å². The number of primary amides is 1. The van der Waals surface area contributed by atoms with E-state index in [2.05, 4.69) is 39.7 Å². The summed E-state index contributed by atoms with van der Waals surface area (Å²) in [6.07, 6.45) is 2.29. The molecule has 4 aromatic rings. The van der Waals surface area contributed by atoms with E-state index in [0.717, 1.165) is 28.1 Å². The molecule has 0 fully saturated rings. The lowest BCUT2D eigenvalue weighted by Crippen LogP contribution is -2.29. The number of rotatable bonds is 8. The molecule has 7 heteroatoms. The van der Waals surface area contributed by atoms with Crippen molar-refractivity contribution in [3.05, 3.63) is 101 Å². The Hall–Kier alpha value is -4.00. The minimum Gasteiger partial charge on any atom is -0.365 e. The molecule has 0 aliphatic carbocycles. The molecule has 0 aliphatic rings. The fraction of sp³-hybridized carbons (Fsp3) is 0.231. The first-order chi connectivity index (χ1) is 16.0. The van der Waals surface area contributed by atoms with E-state index in [4.69, 9.17) is 5.73 Å². The third-order valence-corrected chi connectivity index (χ3v) is 5.98. The molecule has 0 unspecified atom stereocenters. The molecule has 33 heavy (non-hydrogen) atoms. The quantitative estimate of drug-likeness (QED) is 0.438. The summed E-state index contributed by atoms with van der Waals surface area (Å²) in [5, 5.41) is 7.35. The number of hydrogen-bond acceptors (Lipinski definition) is 4. The molecule has 7 nitrogen and oxygen atoms in total. The van der Waals surface area contributed by atoms with Crippen molar-refractivity contribution in [1.82, 2.24) is 19.9 Å². The first-order valence-electron chi connectivity index (χ1n) is 11.0. The van der Waals surface area contributed by atoms with Crippen molar-refractivity contribution in [1.29, 1.82) is 0 Å². The number of benzene rings is 2. The van der Waals surface area contributed by atoms with Crippen LogP contribution in [0, 0.1) is 13.8 Å². The molecule has 0 atom stereocenters. The van der Waals surface area contributed by atoms with Crippen molar-refractivity contribution in [3.63, 3.8) is 0 Å². The van der Waals surface area contributed by atoms with Crippen LogP contribution in [-0.4, -0.2) is 33.0 Å². The Kier molecular flexibility index (Phi) is 6.49. The van der Waals surface area contributed by atoms with Crippen LogP contribution in [0.15, 0.2) is 66.9 Å². The lowest BCUT2D eigenvalue weighted by Gasteiger charge is -2.19. The van der Waals surface area contributed by atoms with Crippen LogP contribution in [0.2, 0.25) is 0 Å². The summed E-state index contributed by atoms with van der Waals surface area (Å²) >= 11 is 0. The summed E-state index contributed by atoms with van der Waals surface area (Å²) in [5.74, 6) is -0.506. The summed E-state index contributed by atoms with van der Waals surface area (Å²) in [7, 11) is 0. The molecule has 0 aliphatic heterocycles. The van der Waals surface area contributed by atoms with Gasteiger partial charge in [-0.05, 0) is 37.0 Å². The summed E-state index contributed by atoms with van der Waals surface area (Å²) in [6.45, 7) is 4.30. The number of carbonyl (C=O) groups excluding carboxylic acids is 2. The molecule has 3 N–H and O–H groups in total. The maximum atomic E-state index is 12.7. The Morgan fingerprint density at radius 2 is 1.61 bits per heavy atom. The highest BCUT2D eigenvalue weighted by Gasteiger charge is 2.18. The van der Waals surface area contributed by atoms with E-state index >= 15 is 0 Å². The molecule has 168 valence electrons.